The average Bonchev–Trinajstić information content (AvgIpc) is 2.96. The molecule has 15 heavy (non-hydrogen) atoms. The summed E-state index contributed by atoms with van der Waals surface area (Å²) < 4.78 is 1.54. The van der Waals surface area contributed by atoms with Crippen molar-refractivity contribution in [2.24, 2.45) is 5.92 Å². The van der Waals surface area contributed by atoms with Gasteiger partial charge < -0.3 is 9.88 Å². The Morgan fingerprint density at radius 3 is 3.13 bits per heavy atom. The fourth-order valence-electron chi connectivity index (χ4n) is 1.36. The van der Waals surface area contributed by atoms with Crippen LogP contribution in [0, 0.1) is 5.92 Å². The van der Waals surface area contributed by atoms with Crippen LogP contribution in [0.15, 0.2) is 12.4 Å². The predicted molar refractivity (Wildman–Crippen MR) is 53.3 cm³/mol. The van der Waals surface area contributed by atoms with Gasteiger partial charge in [0.1, 0.15) is 6.54 Å². The van der Waals surface area contributed by atoms with Gasteiger partial charge in [0.25, 0.3) is 0 Å². The highest BCUT2D eigenvalue weighted by molar-refractivity contribution is 5.77. The van der Waals surface area contributed by atoms with Gasteiger partial charge >= 0.3 is 0 Å². The third kappa shape index (κ3) is 2.65. The lowest BCUT2D eigenvalue weighted by atomic mass is 10.4. The van der Waals surface area contributed by atoms with E-state index < -0.39 is 0 Å². The maximum Gasteiger partial charge on any atom is 0.240 e. The first-order valence-electron chi connectivity index (χ1n) is 5.02. The zero-order valence-corrected chi connectivity index (χ0v) is 8.35. The SMILES string of the molecule is O=Cc1nccn1CC(=O)NCC1CC1. The van der Waals surface area contributed by atoms with Gasteiger partial charge in [-0.3, -0.25) is 9.59 Å². The van der Waals surface area contributed by atoms with Crippen LogP contribution in [0.3, 0.4) is 0 Å². The molecule has 1 aliphatic carbocycles. The molecule has 0 saturated heterocycles. The van der Waals surface area contributed by atoms with Crippen molar-refractivity contribution in [2.75, 3.05) is 6.54 Å². The van der Waals surface area contributed by atoms with Crippen LogP contribution in [0.4, 0.5) is 0 Å². The summed E-state index contributed by atoms with van der Waals surface area (Å²) in [6.07, 6.45) is 6.21. The van der Waals surface area contributed by atoms with Crippen molar-refractivity contribution in [3.63, 3.8) is 0 Å². The van der Waals surface area contributed by atoms with E-state index in [1.807, 2.05) is 0 Å². The predicted octanol–water partition coefficient (Wildman–Crippen LogP) is 0.222. The molecule has 1 amide bonds. The zero-order valence-electron chi connectivity index (χ0n) is 8.35. The van der Waals surface area contributed by atoms with Crippen molar-refractivity contribution in [2.45, 2.75) is 19.4 Å². The van der Waals surface area contributed by atoms with Gasteiger partial charge in [-0.05, 0) is 18.8 Å². The van der Waals surface area contributed by atoms with E-state index in [0.717, 1.165) is 6.54 Å². The summed E-state index contributed by atoms with van der Waals surface area (Å²) in [5.41, 5.74) is 0. The van der Waals surface area contributed by atoms with Crippen LogP contribution < -0.4 is 5.32 Å². The van der Waals surface area contributed by atoms with E-state index in [1.165, 1.54) is 23.6 Å². The maximum absolute atomic E-state index is 11.4. The fourth-order valence-corrected chi connectivity index (χ4v) is 1.36. The quantitative estimate of drug-likeness (QED) is 0.702. The zero-order chi connectivity index (χ0) is 10.7. The molecule has 1 aliphatic rings. The normalized spacial score (nSPS) is 14.9. The molecule has 1 N–H and O–H groups in total. The highest BCUT2D eigenvalue weighted by Crippen LogP contribution is 2.27. The van der Waals surface area contributed by atoms with Crippen LogP contribution in [0.2, 0.25) is 0 Å². The summed E-state index contributed by atoms with van der Waals surface area (Å²) >= 11 is 0. The minimum Gasteiger partial charge on any atom is -0.354 e. The molecule has 0 atom stereocenters. The van der Waals surface area contributed by atoms with Crippen molar-refractivity contribution in [1.29, 1.82) is 0 Å². The second-order valence-electron chi connectivity index (χ2n) is 3.78. The Morgan fingerprint density at radius 2 is 2.47 bits per heavy atom. The van der Waals surface area contributed by atoms with Crippen LogP contribution in [-0.2, 0) is 11.3 Å². The smallest absolute Gasteiger partial charge is 0.240 e. The minimum atomic E-state index is -0.0667. The number of nitrogens with zero attached hydrogens (tertiary/aromatic N) is 2. The Labute approximate surface area is 87.5 Å². The molecule has 0 aliphatic heterocycles. The van der Waals surface area contributed by atoms with E-state index in [-0.39, 0.29) is 18.3 Å². The molecular formula is C10H13N3O2. The third-order valence-corrected chi connectivity index (χ3v) is 2.45. The number of imidazole rings is 1. The van der Waals surface area contributed by atoms with Crippen molar-refractivity contribution in [3.8, 4) is 0 Å². The molecule has 0 aromatic carbocycles. The number of amides is 1. The van der Waals surface area contributed by atoms with Gasteiger partial charge in [-0.15, -0.1) is 0 Å². The number of carbonyl (C=O) groups excluding carboxylic acids is 2. The Kier molecular flexibility index (Phi) is 2.80. The topological polar surface area (TPSA) is 64.0 Å². The van der Waals surface area contributed by atoms with Crippen LogP contribution in [0.25, 0.3) is 0 Å². The van der Waals surface area contributed by atoms with Gasteiger partial charge in [-0.25, -0.2) is 4.98 Å². The van der Waals surface area contributed by atoms with Gasteiger partial charge in [-0.2, -0.15) is 0 Å². The Balaban J connectivity index is 1.84. The van der Waals surface area contributed by atoms with E-state index in [1.54, 1.807) is 6.20 Å². The molecule has 5 nitrogen and oxygen atoms in total. The van der Waals surface area contributed by atoms with Gasteiger partial charge in [-0.1, -0.05) is 0 Å². The van der Waals surface area contributed by atoms with E-state index in [2.05, 4.69) is 10.3 Å². The van der Waals surface area contributed by atoms with E-state index >= 15 is 0 Å². The number of hydrogen-bond acceptors (Lipinski definition) is 3. The van der Waals surface area contributed by atoms with Crippen LogP contribution in [0.5, 0.6) is 0 Å². The van der Waals surface area contributed by atoms with E-state index in [0.29, 0.717) is 12.2 Å². The highest BCUT2D eigenvalue weighted by atomic mass is 16.2. The van der Waals surface area contributed by atoms with Crippen molar-refractivity contribution in [1.82, 2.24) is 14.9 Å². The van der Waals surface area contributed by atoms with Crippen LogP contribution in [0.1, 0.15) is 23.5 Å². The lowest BCUT2D eigenvalue weighted by Gasteiger charge is -2.05. The molecule has 1 aromatic heterocycles. The molecule has 1 aromatic rings. The molecule has 1 saturated carbocycles. The molecule has 1 heterocycles. The minimum absolute atomic E-state index is 0.0667. The number of aromatic nitrogens is 2. The lowest BCUT2D eigenvalue weighted by Crippen LogP contribution is -2.29. The summed E-state index contributed by atoms with van der Waals surface area (Å²) in [6, 6.07) is 0. The first-order valence-corrected chi connectivity index (χ1v) is 5.02. The molecule has 0 radical (unpaired) electrons. The number of aldehydes is 1. The fraction of sp³-hybridized carbons (Fsp3) is 0.500. The molecule has 80 valence electrons. The number of rotatable bonds is 5. The maximum atomic E-state index is 11.4. The first-order chi connectivity index (χ1) is 7.29. The molecule has 2 rings (SSSR count). The summed E-state index contributed by atoms with van der Waals surface area (Å²) in [6.45, 7) is 0.921. The Hall–Kier alpha value is -1.65. The van der Waals surface area contributed by atoms with E-state index in [9.17, 15) is 9.59 Å². The van der Waals surface area contributed by atoms with Crippen LogP contribution in [-0.4, -0.2) is 28.3 Å². The molecule has 0 spiro atoms. The molecule has 0 bridgehead atoms. The molecule has 0 unspecified atom stereocenters. The van der Waals surface area contributed by atoms with Crippen molar-refractivity contribution in [3.05, 3.63) is 18.2 Å². The Bertz CT molecular complexity index is 368. The van der Waals surface area contributed by atoms with Gasteiger partial charge in [0, 0.05) is 18.9 Å². The third-order valence-electron chi connectivity index (χ3n) is 2.45. The highest BCUT2D eigenvalue weighted by Gasteiger charge is 2.21. The lowest BCUT2D eigenvalue weighted by molar-refractivity contribution is -0.121. The summed E-state index contributed by atoms with van der Waals surface area (Å²) in [5.74, 6) is 0.891. The summed E-state index contributed by atoms with van der Waals surface area (Å²) in [4.78, 5) is 25.8. The number of hydrogen-bond donors (Lipinski definition) is 1. The van der Waals surface area contributed by atoms with Gasteiger partial charge in [0.05, 0.1) is 0 Å². The van der Waals surface area contributed by atoms with Gasteiger partial charge in [0.15, 0.2) is 12.1 Å². The number of nitrogens with one attached hydrogen (secondary N) is 1. The molecule has 5 heteroatoms. The second kappa shape index (κ2) is 4.25. The molecular weight excluding hydrogens is 194 g/mol. The monoisotopic (exact) mass is 207 g/mol. The van der Waals surface area contributed by atoms with Gasteiger partial charge in [0.2, 0.25) is 5.91 Å². The standard InChI is InChI=1S/C10H13N3O2/c14-7-9-11-3-4-13(9)6-10(15)12-5-8-1-2-8/h3-4,7-8H,1-2,5-6H2,(H,12,15). The molecule has 1 fully saturated rings. The van der Waals surface area contributed by atoms with E-state index in [4.69, 9.17) is 0 Å². The average molecular weight is 207 g/mol. The largest absolute Gasteiger partial charge is 0.354 e. The van der Waals surface area contributed by atoms with Crippen molar-refractivity contribution < 1.29 is 9.59 Å². The number of carbonyl (C=O) groups is 2. The first kappa shape index (κ1) is 9.89. The van der Waals surface area contributed by atoms with Crippen LogP contribution >= 0.6 is 0 Å². The van der Waals surface area contributed by atoms with Crippen molar-refractivity contribution >= 4 is 12.2 Å². The summed E-state index contributed by atoms with van der Waals surface area (Å²) in [5, 5.41) is 2.83. The summed E-state index contributed by atoms with van der Waals surface area (Å²) in [7, 11) is 0. The second-order valence-corrected chi connectivity index (χ2v) is 3.78. The Morgan fingerprint density at radius 1 is 1.67 bits per heavy atom.